The summed E-state index contributed by atoms with van der Waals surface area (Å²) in [6, 6.07) is 6.86. The maximum Gasteiger partial charge on any atom is 0.414 e. The molecule has 1 aromatic carbocycles. The van der Waals surface area contributed by atoms with Crippen LogP contribution in [0.25, 0.3) is 0 Å². The van der Waals surface area contributed by atoms with Crippen molar-refractivity contribution >= 4 is 17.7 Å². The smallest absolute Gasteiger partial charge is 0.410 e. The summed E-state index contributed by atoms with van der Waals surface area (Å²) in [5.41, 5.74) is 0. The quantitative estimate of drug-likeness (QED) is 0.781. The van der Waals surface area contributed by atoms with E-state index in [1.807, 2.05) is 7.05 Å². The zero-order chi connectivity index (χ0) is 17.4. The molecule has 1 fully saturated rings. The third kappa shape index (κ3) is 6.33. The van der Waals surface area contributed by atoms with E-state index >= 15 is 0 Å². The monoisotopic (exact) mass is 352 g/mol. The lowest BCUT2D eigenvalue weighted by molar-refractivity contribution is 0.156. The highest BCUT2D eigenvalue weighted by atomic mass is 35.5. The second kappa shape index (κ2) is 9.90. The first-order chi connectivity index (χ1) is 11.6. The maximum absolute atomic E-state index is 12.1. The summed E-state index contributed by atoms with van der Waals surface area (Å²) in [5, 5.41) is 3.87. The van der Waals surface area contributed by atoms with E-state index in [2.05, 4.69) is 5.32 Å². The van der Waals surface area contributed by atoms with Crippen LogP contribution in [0.5, 0.6) is 5.75 Å². The van der Waals surface area contributed by atoms with Gasteiger partial charge in [0, 0.05) is 18.6 Å². The van der Waals surface area contributed by atoms with Crippen LogP contribution >= 0.6 is 11.6 Å². The van der Waals surface area contributed by atoms with Crippen molar-refractivity contribution in [3.8, 4) is 5.75 Å². The Balaban J connectivity index is 1.66. The summed E-state index contributed by atoms with van der Waals surface area (Å²) < 4.78 is 5.35. The van der Waals surface area contributed by atoms with E-state index in [-0.39, 0.29) is 6.09 Å². The predicted octanol–water partition coefficient (Wildman–Crippen LogP) is 4.58. The molecule has 5 heteroatoms. The van der Waals surface area contributed by atoms with Crippen molar-refractivity contribution in [2.24, 2.45) is 11.8 Å². The molecular weight excluding hydrogens is 324 g/mol. The normalized spacial score (nSPS) is 20.6. The van der Waals surface area contributed by atoms with Gasteiger partial charge < -0.3 is 15.0 Å². The molecule has 134 valence electrons. The number of carbonyl (C=O) groups is 1. The highest BCUT2D eigenvalue weighted by Gasteiger charge is 2.22. The van der Waals surface area contributed by atoms with Gasteiger partial charge in [-0.25, -0.2) is 4.79 Å². The second-order valence-electron chi connectivity index (χ2n) is 6.81. The van der Waals surface area contributed by atoms with Crippen LogP contribution in [0, 0.1) is 11.8 Å². The Bertz CT molecular complexity index is 499. The van der Waals surface area contributed by atoms with Gasteiger partial charge in [0.25, 0.3) is 0 Å². The van der Waals surface area contributed by atoms with Gasteiger partial charge in [0.05, 0.1) is 0 Å². The topological polar surface area (TPSA) is 41.6 Å². The minimum atomic E-state index is -0.306. The molecule has 0 saturated heterocycles. The third-order valence-corrected chi connectivity index (χ3v) is 5.22. The van der Waals surface area contributed by atoms with Crippen LogP contribution in [-0.4, -0.2) is 38.2 Å². The first-order valence-electron chi connectivity index (χ1n) is 8.91. The van der Waals surface area contributed by atoms with Crippen molar-refractivity contribution in [1.82, 2.24) is 10.2 Å². The van der Waals surface area contributed by atoms with Crippen LogP contribution in [0.15, 0.2) is 24.3 Å². The molecule has 2 rings (SSSR count). The van der Waals surface area contributed by atoms with E-state index in [1.54, 1.807) is 36.2 Å². The van der Waals surface area contributed by atoms with E-state index in [9.17, 15) is 4.79 Å². The zero-order valence-corrected chi connectivity index (χ0v) is 15.5. The largest absolute Gasteiger partial charge is 0.414 e. The number of nitrogens with one attached hydrogen (secondary N) is 1. The van der Waals surface area contributed by atoms with Crippen LogP contribution in [0.3, 0.4) is 0 Å². The summed E-state index contributed by atoms with van der Waals surface area (Å²) in [6.07, 6.45) is 7.26. The van der Waals surface area contributed by atoms with E-state index in [4.69, 9.17) is 16.3 Å². The van der Waals surface area contributed by atoms with Gasteiger partial charge in [0.15, 0.2) is 0 Å². The van der Waals surface area contributed by atoms with Gasteiger partial charge >= 0.3 is 6.09 Å². The number of rotatable bonds is 7. The SMILES string of the molecule is CNCCC1CCC(CCN(C)C(=O)Oc2ccc(Cl)cc2)CC1. The Morgan fingerprint density at radius 3 is 2.33 bits per heavy atom. The van der Waals surface area contributed by atoms with Gasteiger partial charge in [0.1, 0.15) is 5.75 Å². The molecule has 0 aliphatic heterocycles. The number of carbonyl (C=O) groups excluding carboxylic acids is 1. The van der Waals surface area contributed by atoms with Crippen molar-refractivity contribution in [2.45, 2.75) is 38.5 Å². The molecule has 0 atom stereocenters. The summed E-state index contributed by atoms with van der Waals surface area (Å²) in [5.74, 6) is 2.14. The van der Waals surface area contributed by atoms with E-state index in [1.165, 1.54) is 32.1 Å². The molecular formula is C19H29ClN2O2. The molecule has 1 amide bonds. The molecule has 1 aliphatic rings. The Morgan fingerprint density at radius 1 is 1.17 bits per heavy atom. The Morgan fingerprint density at radius 2 is 1.75 bits per heavy atom. The van der Waals surface area contributed by atoms with Crippen molar-refractivity contribution in [1.29, 1.82) is 0 Å². The van der Waals surface area contributed by atoms with Gasteiger partial charge in [-0.05, 0) is 62.5 Å². The number of nitrogens with zero attached hydrogens (tertiary/aromatic N) is 1. The maximum atomic E-state index is 12.1. The fourth-order valence-corrected chi connectivity index (χ4v) is 3.43. The van der Waals surface area contributed by atoms with E-state index in [0.717, 1.165) is 31.3 Å². The van der Waals surface area contributed by atoms with Crippen LogP contribution in [-0.2, 0) is 0 Å². The standard InChI is InChI=1S/C19H29ClN2O2/c1-21-13-11-15-3-5-16(6-4-15)12-14-22(2)19(23)24-18-9-7-17(20)8-10-18/h7-10,15-16,21H,3-6,11-14H2,1-2H3. The van der Waals surface area contributed by atoms with Gasteiger partial charge in [-0.2, -0.15) is 0 Å². The number of hydrogen-bond acceptors (Lipinski definition) is 3. The molecule has 4 nitrogen and oxygen atoms in total. The molecule has 0 bridgehead atoms. The number of amides is 1. The highest BCUT2D eigenvalue weighted by Crippen LogP contribution is 2.32. The lowest BCUT2D eigenvalue weighted by Crippen LogP contribution is -2.32. The molecule has 0 aromatic heterocycles. The molecule has 0 spiro atoms. The van der Waals surface area contributed by atoms with E-state index in [0.29, 0.717) is 10.8 Å². The van der Waals surface area contributed by atoms with Crippen LogP contribution < -0.4 is 10.1 Å². The number of halogens is 1. The van der Waals surface area contributed by atoms with Gasteiger partial charge in [-0.1, -0.05) is 37.3 Å². The van der Waals surface area contributed by atoms with Crippen LogP contribution in [0.1, 0.15) is 38.5 Å². The highest BCUT2D eigenvalue weighted by molar-refractivity contribution is 6.30. The Kier molecular flexibility index (Phi) is 7.86. The third-order valence-electron chi connectivity index (χ3n) is 4.97. The minimum Gasteiger partial charge on any atom is -0.410 e. The van der Waals surface area contributed by atoms with Crippen molar-refractivity contribution in [3.05, 3.63) is 29.3 Å². The van der Waals surface area contributed by atoms with Crippen molar-refractivity contribution < 1.29 is 9.53 Å². The van der Waals surface area contributed by atoms with Crippen molar-refractivity contribution in [3.63, 3.8) is 0 Å². The number of benzene rings is 1. The summed E-state index contributed by atoms with van der Waals surface area (Å²) in [6.45, 7) is 1.87. The Labute approximate surface area is 150 Å². The first kappa shape index (κ1) is 19.1. The lowest BCUT2D eigenvalue weighted by Gasteiger charge is -2.29. The molecule has 1 aliphatic carbocycles. The average Bonchev–Trinajstić information content (AvgIpc) is 2.60. The summed E-state index contributed by atoms with van der Waals surface area (Å²) >= 11 is 5.83. The lowest BCUT2D eigenvalue weighted by atomic mass is 9.79. The van der Waals surface area contributed by atoms with Crippen molar-refractivity contribution in [2.75, 3.05) is 27.2 Å². The first-order valence-corrected chi connectivity index (χ1v) is 9.29. The molecule has 1 N–H and O–H groups in total. The number of ether oxygens (including phenoxy) is 1. The van der Waals surface area contributed by atoms with Crippen LogP contribution in [0.2, 0.25) is 5.02 Å². The van der Waals surface area contributed by atoms with Gasteiger partial charge in [-0.15, -0.1) is 0 Å². The fraction of sp³-hybridized carbons (Fsp3) is 0.632. The molecule has 1 aromatic rings. The van der Waals surface area contributed by atoms with Gasteiger partial charge in [0.2, 0.25) is 0 Å². The fourth-order valence-electron chi connectivity index (χ4n) is 3.31. The molecule has 24 heavy (non-hydrogen) atoms. The molecule has 0 unspecified atom stereocenters. The molecule has 0 heterocycles. The number of hydrogen-bond donors (Lipinski definition) is 1. The van der Waals surface area contributed by atoms with Gasteiger partial charge in [-0.3, -0.25) is 0 Å². The second-order valence-corrected chi connectivity index (χ2v) is 7.25. The Hall–Kier alpha value is -1.26. The molecule has 0 radical (unpaired) electrons. The minimum absolute atomic E-state index is 0.306. The summed E-state index contributed by atoms with van der Waals surface area (Å²) in [7, 11) is 3.82. The predicted molar refractivity (Wildman–Crippen MR) is 98.7 cm³/mol. The van der Waals surface area contributed by atoms with Crippen LogP contribution in [0.4, 0.5) is 4.79 Å². The average molecular weight is 353 g/mol. The zero-order valence-electron chi connectivity index (χ0n) is 14.8. The summed E-state index contributed by atoms with van der Waals surface area (Å²) in [4.78, 5) is 13.8. The molecule has 1 saturated carbocycles. The van der Waals surface area contributed by atoms with E-state index < -0.39 is 0 Å².